The topological polar surface area (TPSA) is 80.5 Å². The summed E-state index contributed by atoms with van der Waals surface area (Å²) < 4.78 is 26.9. The Hall–Kier alpha value is -1.29. The number of nitro benzene ring substituents is 1. The van der Waals surface area contributed by atoms with Gasteiger partial charge in [0.25, 0.3) is 5.69 Å². The molecule has 0 bridgehead atoms. The highest BCUT2D eigenvalue weighted by Crippen LogP contribution is 2.25. The molecule has 0 spiro atoms. The van der Waals surface area contributed by atoms with Crippen LogP contribution < -0.4 is 0 Å². The molecule has 0 radical (unpaired) electrons. The van der Waals surface area contributed by atoms with Crippen molar-refractivity contribution < 1.29 is 13.3 Å². The van der Waals surface area contributed by atoms with Crippen LogP contribution in [-0.2, 0) is 16.6 Å². The number of hydrogen-bond donors (Lipinski definition) is 0. The number of benzene rings is 1. The van der Waals surface area contributed by atoms with Crippen LogP contribution in [0.5, 0.6) is 0 Å². The van der Waals surface area contributed by atoms with Crippen LogP contribution in [0.25, 0.3) is 0 Å². The van der Waals surface area contributed by atoms with Crippen LogP contribution in [0.4, 0.5) is 5.69 Å². The lowest BCUT2D eigenvalue weighted by molar-refractivity contribution is -0.384. The molecular weight excluding hydrogens is 380 g/mol. The molecule has 0 fully saturated rings. The van der Waals surface area contributed by atoms with E-state index in [1.807, 2.05) is 12.1 Å². The predicted octanol–water partition coefficient (Wildman–Crippen LogP) is 3.24. The fourth-order valence-electron chi connectivity index (χ4n) is 1.66. The minimum atomic E-state index is -3.67. The molecule has 0 aliphatic heterocycles. The Morgan fingerprint density at radius 2 is 1.86 bits per heavy atom. The molecule has 0 amide bonds. The zero-order chi connectivity index (χ0) is 15.6. The lowest BCUT2D eigenvalue weighted by Crippen LogP contribution is -2.26. The number of sulfonamides is 1. The van der Waals surface area contributed by atoms with Crippen LogP contribution in [0.1, 0.15) is 4.88 Å². The first kappa shape index (κ1) is 16.1. The van der Waals surface area contributed by atoms with Crippen molar-refractivity contribution in [1.29, 1.82) is 0 Å². The van der Waals surface area contributed by atoms with Gasteiger partial charge in [0.05, 0.1) is 13.6 Å². The number of thiophene rings is 1. The maximum Gasteiger partial charge on any atom is 0.269 e. The van der Waals surface area contributed by atoms with E-state index in [2.05, 4.69) is 15.9 Å². The molecule has 1 aromatic heterocycles. The van der Waals surface area contributed by atoms with Gasteiger partial charge in [0.2, 0.25) is 10.0 Å². The molecule has 0 aliphatic rings. The van der Waals surface area contributed by atoms with E-state index in [4.69, 9.17) is 0 Å². The lowest BCUT2D eigenvalue weighted by Gasteiger charge is -2.16. The molecule has 21 heavy (non-hydrogen) atoms. The summed E-state index contributed by atoms with van der Waals surface area (Å²) in [6.45, 7) is 0.246. The SMILES string of the molecule is CN(Cc1ccc(Br)s1)S(=O)(=O)c1ccc([N+](=O)[O-])cc1. The van der Waals surface area contributed by atoms with Crippen molar-refractivity contribution in [2.24, 2.45) is 0 Å². The highest BCUT2D eigenvalue weighted by Gasteiger charge is 2.22. The highest BCUT2D eigenvalue weighted by molar-refractivity contribution is 9.11. The highest BCUT2D eigenvalue weighted by atomic mass is 79.9. The van der Waals surface area contributed by atoms with E-state index in [0.717, 1.165) is 8.66 Å². The van der Waals surface area contributed by atoms with Crippen LogP contribution in [0, 0.1) is 10.1 Å². The Balaban J connectivity index is 2.22. The van der Waals surface area contributed by atoms with Crippen LogP contribution in [0.3, 0.4) is 0 Å². The van der Waals surface area contributed by atoms with Gasteiger partial charge in [-0.2, -0.15) is 4.31 Å². The van der Waals surface area contributed by atoms with Crippen molar-refractivity contribution in [3.63, 3.8) is 0 Å². The number of non-ortho nitro benzene ring substituents is 1. The quantitative estimate of drug-likeness (QED) is 0.579. The summed E-state index contributed by atoms with van der Waals surface area (Å²) in [4.78, 5) is 10.9. The Morgan fingerprint density at radius 3 is 2.33 bits per heavy atom. The largest absolute Gasteiger partial charge is 0.269 e. The van der Waals surface area contributed by atoms with E-state index in [-0.39, 0.29) is 17.1 Å². The van der Waals surface area contributed by atoms with E-state index >= 15 is 0 Å². The summed E-state index contributed by atoms with van der Waals surface area (Å²) in [6.07, 6.45) is 0. The Kier molecular flexibility index (Phi) is 4.77. The maximum absolute atomic E-state index is 12.4. The number of rotatable bonds is 5. The molecule has 2 rings (SSSR count). The molecule has 0 N–H and O–H groups in total. The Bertz CT molecular complexity index is 756. The van der Waals surface area contributed by atoms with E-state index in [1.54, 1.807) is 0 Å². The first-order chi connectivity index (χ1) is 9.80. The fourth-order valence-corrected chi connectivity index (χ4v) is 4.43. The van der Waals surface area contributed by atoms with Gasteiger partial charge in [-0.25, -0.2) is 8.42 Å². The van der Waals surface area contributed by atoms with E-state index < -0.39 is 14.9 Å². The van der Waals surface area contributed by atoms with Crippen LogP contribution in [-0.4, -0.2) is 24.7 Å². The summed E-state index contributed by atoms with van der Waals surface area (Å²) in [6, 6.07) is 8.55. The first-order valence-corrected chi connectivity index (χ1v) is 8.80. The van der Waals surface area contributed by atoms with Gasteiger partial charge in [-0.15, -0.1) is 11.3 Å². The zero-order valence-corrected chi connectivity index (χ0v) is 14.1. The number of nitro groups is 1. The van der Waals surface area contributed by atoms with Crippen molar-refractivity contribution in [3.05, 3.63) is 55.2 Å². The van der Waals surface area contributed by atoms with Gasteiger partial charge in [-0.3, -0.25) is 10.1 Å². The van der Waals surface area contributed by atoms with E-state index in [0.29, 0.717) is 0 Å². The van der Waals surface area contributed by atoms with Crippen molar-refractivity contribution in [1.82, 2.24) is 4.31 Å². The van der Waals surface area contributed by atoms with Gasteiger partial charge in [0.15, 0.2) is 0 Å². The van der Waals surface area contributed by atoms with Gasteiger partial charge < -0.3 is 0 Å². The summed E-state index contributed by atoms with van der Waals surface area (Å²) in [5.74, 6) is 0. The summed E-state index contributed by atoms with van der Waals surface area (Å²) in [5.41, 5.74) is -0.140. The molecule has 6 nitrogen and oxygen atoms in total. The van der Waals surface area contributed by atoms with Gasteiger partial charge in [0, 0.05) is 30.6 Å². The van der Waals surface area contributed by atoms with Crippen molar-refractivity contribution >= 4 is 43.0 Å². The van der Waals surface area contributed by atoms with Crippen molar-refractivity contribution in [2.45, 2.75) is 11.4 Å². The third kappa shape index (κ3) is 3.67. The summed E-state index contributed by atoms with van der Waals surface area (Å²) in [5, 5.41) is 10.6. The number of nitrogens with zero attached hydrogens (tertiary/aromatic N) is 2. The second kappa shape index (κ2) is 6.22. The smallest absolute Gasteiger partial charge is 0.258 e. The lowest BCUT2D eigenvalue weighted by atomic mass is 10.3. The standard InChI is InChI=1S/C12H11BrN2O4S2/c1-14(8-10-4-7-12(13)20-10)21(18,19)11-5-2-9(3-6-11)15(16)17/h2-7H,8H2,1H3. The summed E-state index contributed by atoms with van der Waals surface area (Å²) in [7, 11) is -2.19. The predicted molar refractivity (Wildman–Crippen MR) is 83.8 cm³/mol. The minimum Gasteiger partial charge on any atom is -0.258 e. The third-order valence-electron chi connectivity index (χ3n) is 2.76. The monoisotopic (exact) mass is 390 g/mol. The summed E-state index contributed by atoms with van der Waals surface area (Å²) >= 11 is 4.78. The van der Waals surface area contributed by atoms with Gasteiger partial charge >= 0.3 is 0 Å². The number of hydrogen-bond acceptors (Lipinski definition) is 5. The zero-order valence-electron chi connectivity index (χ0n) is 10.9. The molecule has 0 aliphatic carbocycles. The van der Waals surface area contributed by atoms with Gasteiger partial charge in [-0.1, -0.05) is 0 Å². The molecule has 1 heterocycles. The van der Waals surface area contributed by atoms with Gasteiger partial charge in [0.1, 0.15) is 0 Å². The Morgan fingerprint density at radius 1 is 1.24 bits per heavy atom. The second-order valence-corrected chi connectivity index (χ2v) is 8.81. The molecule has 0 saturated carbocycles. The molecule has 0 saturated heterocycles. The second-order valence-electron chi connectivity index (χ2n) is 4.22. The molecular formula is C12H11BrN2O4S2. The number of halogens is 1. The average molecular weight is 391 g/mol. The molecule has 1 aromatic carbocycles. The average Bonchev–Trinajstić information content (AvgIpc) is 2.84. The fraction of sp³-hybridized carbons (Fsp3) is 0.167. The minimum absolute atomic E-state index is 0.0335. The molecule has 9 heteroatoms. The first-order valence-electron chi connectivity index (χ1n) is 5.76. The normalized spacial score (nSPS) is 11.8. The Labute approximate surface area is 134 Å². The van der Waals surface area contributed by atoms with Gasteiger partial charge in [-0.05, 0) is 40.2 Å². The van der Waals surface area contributed by atoms with Crippen LogP contribution in [0.15, 0.2) is 45.1 Å². The third-order valence-corrected chi connectivity index (χ3v) is 6.19. The van der Waals surface area contributed by atoms with E-state index in [9.17, 15) is 18.5 Å². The molecule has 2 aromatic rings. The van der Waals surface area contributed by atoms with Crippen LogP contribution >= 0.6 is 27.3 Å². The molecule has 0 atom stereocenters. The van der Waals surface area contributed by atoms with E-state index in [1.165, 1.54) is 47.0 Å². The van der Waals surface area contributed by atoms with Crippen LogP contribution in [0.2, 0.25) is 0 Å². The maximum atomic E-state index is 12.4. The van der Waals surface area contributed by atoms with Crippen molar-refractivity contribution in [3.8, 4) is 0 Å². The van der Waals surface area contributed by atoms with Crippen molar-refractivity contribution in [2.75, 3.05) is 7.05 Å². The molecule has 112 valence electrons. The molecule has 0 unspecified atom stereocenters.